The van der Waals surface area contributed by atoms with Gasteiger partial charge >= 0.3 is 0 Å². The van der Waals surface area contributed by atoms with E-state index in [4.69, 9.17) is 5.84 Å². The number of unbranched alkanes of at least 4 members (excludes halogenated alkanes) is 5. The quantitative estimate of drug-likeness (QED) is 0.287. The van der Waals surface area contributed by atoms with Crippen LogP contribution < -0.4 is 16.6 Å². The number of hydrazine groups is 1. The molecule has 0 saturated heterocycles. The van der Waals surface area contributed by atoms with Crippen LogP contribution in [0.4, 0.5) is 0 Å². The van der Waals surface area contributed by atoms with E-state index in [0.29, 0.717) is 6.04 Å². The van der Waals surface area contributed by atoms with Gasteiger partial charge in [-0.3, -0.25) is 11.3 Å². The predicted molar refractivity (Wildman–Crippen MR) is 63.0 cm³/mol. The summed E-state index contributed by atoms with van der Waals surface area (Å²) in [7, 11) is 0. The molecule has 0 rings (SSSR count). The molecule has 0 aliphatic rings. The highest BCUT2D eigenvalue weighted by Crippen LogP contribution is 2.04. The molecule has 0 fully saturated rings. The average molecular weight is 201 g/mol. The standard InChI is InChI=1S/C11H27N3/c1-11(2)13-9-7-5-3-4-6-8-10-14-12/h11,13-14H,3-10,12H2,1-2H3. The number of nitrogens with two attached hydrogens (primary N) is 1. The highest BCUT2D eigenvalue weighted by molar-refractivity contribution is 4.53. The zero-order chi connectivity index (χ0) is 10.6. The fourth-order valence-corrected chi connectivity index (χ4v) is 1.45. The Morgan fingerprint density at radius 3 is 1.86 bits per heavy atom. The first-order valence-corrected chi connectivity index (χ1v) is 5.94. The minimum absolute atomic E-state index is 0.630. The molecular weight excluding hydrogens is 174 g/mol. The highest BCUT2D eigenvalue weighted by atomic mass is 15.2. The van der Waals surface area contributed by atoms with Crippen molar-refractivity contribution in [3.63, 3.8) is 0 Å². The molecule has 0 aromatic heterocycles. The molecule has 3 heteroatoms. The molecule has 0 aliphatic heterocycles. The normalized spacial score (nSPS) is 11.1. The van der Waals surface area contributed by atoms with Crippen molar-refractivity contribution >= 4 is 0 Å². The third-order valence-electron chi connectivity index (χ3n) is 2.30. The molecule has 0 aromatic rings. The smallest absolute Gasteiger partial charge is 0.00974 e. The Hall–Kier alpha value is -0.120. The molecule has 0 radical (unpaired) electrons. The van der Waals surface area contributed by atoms with Gasteiger partial charge < -0.3 is 5.32 Å². The van der Waals surface area contributed by atoms with Crippen molar-refractivity contribution in [1.29, 1.82) is 0 Å². The van der Waals surface area contributed by atoms with Crippen LogP contribution in [0.5, 0.6) is 0 Å². The zero-order valence-electron chi connectivity index (χ0n) is 9.81. The number of nitrogens with one attached hydrogen (secondary N) is 2. The summed E-state index contributed by atoms with van der Waals surface area (Å²) in [5.41, 5.74) is 2.68. The SMILES string of the molecule is CC(C)NCCCCCCCCNN. The molecule has 4 N–H and O–H groups in total. The molecule has 0 aromatic carbocycles. The first-order chi connectivity index (χ1) is 6.77. The Bertz CT molecular complexity index is 105. The van der Waals surface area contributed by atoms with Crippen molar-refractivity contribution in [3.05, 3.63) is 0 Å². The third kappa shape index (κ3) is 11.9. The predicted octanol–water partition coefficient (Wildman–Crippen LogP) is 1.79. The van der Waals surface area contributed by atoms with Gasteiger partial charge in [0.1, 0.15) is 0 Å². The zero-order valence-corrected chi connectivity index (χ0v) is 9.81. The summed E-state index contributed by atoms with van der Waals surface area (Å²) < 4.78 is 0. The molecule has 0 spiro atoms. The van der Waals surface area contributed by atoms with E-state index < -0.39 is 0 Å². The minimum atomic E-state index is 0.630. The van der Waals surface area contributed by atoms with Crippen LogP contribution in [-0.2, 0) is 0 Å². The number of rotatable bonds is 10. The Labute approximate surface area is 88.8 Å². The summed E-state index contributed by atoms with van der Waals surface area (Å²) in [6.45, 7) is 6.51. The van der Waals surface area contributed by atoms with Gasteiger partial charge in [-0.1, -0.05) is 39.5 Å². The van der Waals surface area contributed by atoms with Crippen molar-refractivity contribution in [1.82, 2.24) is 10.7 Å². The van der Waals surface area contributed by atoms with Gasteiger partial charge in [0.2, 0.25) is 0 Å². The lowest BCUT2D eigenvalue weighted by Crippen LogP contribution is -2.23. The lowest BCUT2D eigenvalue weighted by Gasteiger charge is -2.07. The van der Waals surface area contributed by atoms with E-state index in [1.165, 1.54) is 45.1 Å². The summed E-state index contributed by atoms with van der Waals surface area (Å²) in [6.07, 6.45) is 7.90. The number of hydrogen-bond donors (Lipinski definition) is 3. The summed E-state index contributed by atoms with van der Waals surface area (Å²) >= 11 is 0. The summed E-state index contributed by atoms with van der Waals surface area (Å²) in [5.74, 6) is 5.18. The Kier molecular flexibility index (Phi) is 10.9. The van der Waals surface area contributed by atoms with E-state index >= 15 is 0 Å². The first kappa shape index (κ1) is 13.9. The van der Waals surface area contributed by atoms with E-state index in [0.717, 1.165) is 6.54 Å². The van der Waals surface area contributed by atoms with Crippen molar-refractivity contribution < 1.29 is 0 Å². The third-order valence-corrected chi connectivity index (χ3v) is 2.30. The molecular formula is C11H27N3. The molecule has 3 nitrogen and oxygen atoms in total. The van der Waals surface area contributed by atoms with E-state index in [-0.39, 0.29) is 0 Å². The monoisotopic (exact) mass is 201 g/mol. The van der Waals surface area contributed by atoms with E-state index in [1.54, 1.807) is 0 Å². The molecule has 14 heavy (non-hydrogen) atoms. The number of hydrogen-bond acceptors (Lipinski definition) is 3. The molecule has 0 heterocycles. The second kappa shape index (κ2) is 11.0. The molecule has 0 saturated carbocycles. The van der Waals surface area contributed by atoms with Crippen LogP contribution in [0.2, 0.25) is 0 Å². The maximum absolute atomic E-state index is 5.18. The highest BCUT2D eigenvalue weighted by Gasteiger charge is 1.93. The Morgan fingerprint density at radius 2 is 1.36 bits per heavy atom. The Morgan fingerprint density at radius 1 is 0.857 bits per heavy atom. The van der Waals surface area contributed by atoms with Gasteiger partial charge in [-0.05, 0) is 19.4 Å². The van der Waals surface area contributed by atoms with Gasteiger partial charge in [0, 0.05) is 12.6 Å². The fourth-order valence-electron chi connectivity index (χ4n) is 1.45. The summed E-state index contributed by atoms with van der Waals surface area (Å²) in [5, 5.41) is 3.43. The van der Waals surface area contributed by atoms with Gasteiger partial charge in [-0.2, -0.15) is 0 Å². The lowest BCUT2D eigenvalue weighted by molar-refractivity contribution is 0.528. The van der Waals surface area contributed by atoms with Gasteiger partial charge in [0.15, 0.2) is 0 Å². The molecule has 86 valence electrons. The first-order valence-electron chi connectivity index (χ1n) is 5.94. The van der Waals surface area contributed by atoms with Crippen LogP contribution in [0.1, 0.15) is 52.4 Å². The topological polar surface area (TPSA) is 50.1 Å². The molecule has 0 atom stereocenters. The second-order valence-corrected chi connectivity index (χ2v) is 4.18. The van der Waals surface area contributed by atoms with Crippen LogP contribution in [0.3, 0.4) is 0 Å². The van der Waals surface area contributed by atoms with Crippen molar-refractivity contribution in [2.75, 3.05) is 13.1 Å². The Balaban J connectivity index is 2.85. The minimum Gasteiger partial charge on any atom is -0.315 e. The second-order valence-electron chi connectivity index (χ2n) is 4.18. The molecule has 0 amide bonds. The van der Waals surface area contributed by atoms with Crippen LogP contribution in [0.25, 0.3) is 0 Å². The average Bonchev–Trinajstić information content (AvgIpc) is 2.15. The maximum Gasteiger partial charge on any atom is 0.00974 e. The van der Waals surface area contributed by atoms with Crippen LogP contribution in [-0.4, -0.2) is 19.1 Å². The van der Waals surface area contributed by atoms with E-state index in [2.05, 4.69) is 24.6 Å². The van der Waals surface area contributed by atoms with Crippen LogP contribution >= 0.6 is 0 Å². The molecule has 0 unspecified atom stereocenters. The van der Waals surface area contributed by atoms with E-state index in [9.17, 15) is 0 Å². The summed E-state index contributed by atoms with van der Waals surface area (Å²) in [4.78, 5) is 0. The van der Waals surface area contributed by atoms with E-state index in [1.807, 2.05) is 0 Å². The van der Waals surface area contributed by atoms with Gasteiger partial charge in [0.05, 0.1) is 0 Å². The summed E-state index contributed by atoms with van der Waals surface area (Å²) in [6, 6.07) is 0.630. The van der Waals surface area contributed by atoms with Gasteiger partial charge in [-0.15, -0.1) is 0 Å². The van der Waals surface area contributed by atoms with Gasteiger partial charge in [0.25, 0.3) is 0 Å². The molecule has 0 aliphatic carbocycles. The largest absolute Gasteiger partial charge is 0.315 e. The maximum atomic E-state index is 5.18. The van der Waals surface area contributed by atoms with Crippen molar-refractivity contribution in [3.8, 4) is 0 Å². The van der Waals surface area contributed by atoms with Crippen molar-refractivity contribution in [2.24, 2.45) is 5.84 Å². The lowest BCUT2D eigenvalue weighted by atomic mass is 10.1. The van der Waals surface area contributed by atoms with Gasteiger partial charge in [-0.25, -0.2) is 0 Å². The van der Waals surface area contributed by atoms with Crippen molar-refractivity contribution in [2.45, 2.75) is 58.4 Å². The molecule has 0 bridgehead atoms. The fraction of sp³-hybridized carbons (Fsp3) is 1.00. The van der Waals surface area contributed by atoms with Crippen LogP contribution in [0.15, 0.2) is 0 Å². The van der Waals surface area contributed by atoms with Crippen LogP contribution in [0, 0.1) is 0 Å².